The van der Waals surface area contributed by atoms with Gasteiger partial charge in [0.05, 0.1) is 30.4 Å². The summed E-state index contributed by atoms with van der Waals surface area (Å²) in [6, 6.07) is 10.9. The molecule has 0 aliphatic carbocycles. The van der Waals surface area contributed by atoms with Crippen molar-refractivity contribution in [3.05, 3.63) is 46.8 Å². The Morgan fingerprint density at radius 3 is 2.77 bits per heavy atom. The van der Waals surface area contributed by atoms with Crippen molar-refractivity contribution in [2.45, 2.75) is 19.9 Å². The molecule has 0 unspecified atom stereocenters. The van der Waals surface area contributed by atoms with Crippen LogP contribution < -0.4 is 19.0 Å². The monoisotopic (exact) mass is 428 g/mol. The van der Waals surface area contributed by atoms with Crippen LogP contribution in [0.5, 0.6) is 17.2 Å². The number of ether oxygens (including phenoxy) is 4. The summed E-state index contributed by atoms with van der Waals surface area (Å²) in [5, 5.41) is 0. The Labute approximate surface area is 176 Å². The summed E-state index contributed by atoms with van der Waals surface area (Å²) in [6.07, 6.45) is 0.119. The number of carbonyl (C=O) groups is 2. The van der Waals surface area contributed by atoms with E-state index in [9.17, 15) is 9.59 Å². The van der Waals surface area contributed by atoms with E-state index in [4.69, 9.17) is 18.9 Å². The second-order valence-electron chi connectivity index (χ2n) is 6.48. The SMILES string of the molecule is CCOC(=O)Cn1c(=NC(=O)Cc2cccc(OC)c2)sc2cc3c(cc21)OCO3. The van der Waals surface area contributed by atoms with Gasteiger partial charge in [-0.3, -0.25) is 9.59 Å². The minimum absolute atomic E-state index is 0.0568. The number of rotatable bonds is 6. The molecule has 2 heterocycles. The number of carbonyl (C=O) groups excluding carboxylic acids is 2. The van der Waals surface area contributed by atoms with Crippen LogP contribution in [-0.2, 0) is 27.3 Å². The van der Waals surface area contributed by atoms with Gasteiger partial charge in [0.1, 0.15) is 12.3 Å². The highest BCUT2D eigenvalue weighted by Crippen LogP contribution is 2.37. The molecule has 0 atom stereocenters. The van der Waals surface area contributed by atoms with Crippen molar-refractivity contribution in [2.75, 3.05) is 20.5 Å². The highest BCUT2D eigenvalue weighted by atomic mass is 32.1. The lowest BCUT2D eigenvalue weighted by Crippen LogP contribution is -2.23. The zero-order valence-corrected chi connectivity index (χ0v) is 17.4. The van der Waals surface area contributed by atoms with Crippen molar-refractivity contribution in [1.82, 2.24) is 4.57 Å². The molecule has 0 bridgehead atoms. The maximum Gasteiger partial charge on any atom is 0.326 e. The topological polar surface area (TPSA) is 88.4 Å². The van der Waals surface area contributed by atoms with Crippen LogP contribution in [0.25, 0.3) is 10.2 Å². The summed E-state index contributed by atoms with van der Waals surface area (Å²) in [5.74, 6) is 1.16. The lowest BCUT2D eigenvalue weighted by atomic mass is 10.1. The third-order valence-corrected chi connectivity index (χ3v) is 5.52. The first kappa shape index (κ1) is 20.0. The van der Waals surface area contributed by atoms with Crippen molar-refractivity contribution in [3.8, 4) is 17.2 Å². The predicted octanol–water partition coefficient (Wildman–Crippen LogP) is 2.67. The minimum Gasteiger partial charge on any atom is -0.497 e. The summed E-state index contributed by atoms with van der Waals surface area (Å²) in [5.41, 5.74) is 1.52. The fourth-order valence-corrected chi connectivity index (χ4v) is 4.19. The standard InChI is InChI=1S/C21H20N2O6S/c1-3-27-20(25)11-23-15-9-16-17(29-12-28-16)10-18(15)30-21(23)22-19(24)8-13-5-4-6-14(7-13)26-2/h4-7,9-10H,3,8,11-12H2,1-2H3. The van der Waals surface area contributed by atoms with Gasteiger partial charge in [-0.25, -0.2) is 0 Å². The maximum absolute atomic E-state index is 12.6. The summed E-state index contributed by atoms with van der Waals surface area (Å²) < 4.78 is 23.7. The van der Waals surface area contributed by atoms with Crippen molar-refractivity contribution in [3.63, 3.8) is 0 Å². The van der Waals surface area contributed by atoms with Crippen LogP contribution in [0.1, 0.15) is 12.5 Å². The van der Waals surface area contributed by atoms with Gasteiger partial charge in [0, 0.05) is 12.1 Å². The van der Waals surface area contributed by atoms with E-state index < -0.39 is 5.97 Å². The first-order chi connectivity index (χ1) is 14.6. The quantitative estimate of drug-likeness (QED) is 0.561. The lowest BCUT2D eigenvalue weighted by molar-refractivity contribution is -0.143. The Kier molecular flexibility index (Phi) is 5.71. The smallest absolute Gasteiger partial charge is 0.326 e. The number of nitrogens with zero attached hydrogens (tertiary/aromatic N) is 2. The second kappa shape index (κ2) is 8.58. The Morgan fingerprint density at radius 2 is 2.00 bits per heavy atom. The summed E-state index contributed by atoms with van der Waals surface area (Å²) in [7, 11) is 1.58. The Balaban J connectivity index is 1.72. The molecule has 0 radical (unpaired) electrons. The molecule has 30 heavy (non-hydrogen) atoms. The molecule has 9 heteroatoms. The third-order valence-electron chi connectivity index (χ3n) is 4.48. The van der Waals surface area contributed by atoms with E-state index in [0.29, 0.717) is 22.0 Å². The molecule has 0 N–H and O–H groups in total. The van der Waals surface area contributed by atoms with E-state index in [2.05, 4.69) is 4.99 Å². The summed E-state index contributed by atoms with van der Waals surface area (Å²) in [6.45, 7) is 2.11. The van der Waals surface area contributed by atoms with E-state index in [1.807, 2.05) is 24.3 Å². The zero-order valence-electron chi connectivity index (χ0n) is 16.5. The highest BCUT2D eigenvalue weighted by molar-refractivity contribution is 7.16. The van der Waals surface area contributed by atoms with Crippen LogP contribution in [0.2, 0.25) is 0 Å². The van der Waals surface area contributed by atoms with Gasteiger partial charge >= 0.3 is 5.97 Å². The van der Waals surface area contributed by atoms with Crippen LogP contribution in [0.3, 0.4) is 0 Å². The molecule has 1 aromatic heterocycles. The number of benzene rings is 2. The Hall–Kier alpha value is -3.33. The predicted molar refractivity (Wildman–Crippen MR) is 110 cm³/mol. The van der Waals surface area contributed by atoms with Gasteiger partial charge in [-0.2, -0.15) is 4.99 Å². The number of thiazole rings is 1. The first-order valence-electron chi connectivity index (χ1n) is 9.36. The minimum atomic E-state index is -0.406. The van der Waals surface area contributed by atoms with Gasteiger partial charge in [0.15, 0.2) is 16.3 Å². The molecule has 2 aromatic carbocycles. The zero-order chi connectivity index (χ0) is 21.1. The molecular weight excluding hydrogens is 408 g/mol. The van der Waals surface area contributed by atoms with E-state index >= 15 is 0 Å². The average Bonchev–Trinajstić information content (AvgIpc) is 3.30. The van der Waals surface area contributed by atoms with E-state index in [-0.39, 0.29) is 32.3 Å². The summed E-state index contributed by atoms with van der Waals surface area (Å²) in [4.78, 5) is 29.5. The van der Waals surface area contributed by atoms with Crippen LogP contribution in [0, 0.1) is 0 Å². The Bertz CT molecular complexity index is 1180. The van der Waals surface area contributed by atoms with Gasteiger partial charge in [0.2, 0.25) is 6.79 Å². The maximum atomic E-state index is 12.6. The molecule has 8 nitrogen and oxygen atoms in total. The van der Waals surface area contributed by atoms with Gasteiger partial charge in [0.25, 0.3) is 5.91 Å². The first-order valence-corrected chi connectivity index (χ1v) is 10.2. The number of methoxy groups -OCH3 is 1. The molecule has 0 saturated carbocycles. The molecule has 1 amide bonds. The number of hydrogen-bond acceptors (Lipinski definition) is 7. The van der Waals surface area contributed by atoms with Crippen LogP contribution in [-0.4, -0.2) is 37.0 Å². The molecular formula is C21H20N2O6S. The molecule has 0 saturated heterocycles. The second-order valence-corrected chi connectivity index (χ2v) is 7.49. The van der Waals surface area contributed by atoms with Crippen molar-refractivity contribution in [1.29, 1.82) is 0 Å². The van der Waals surface area contributed by atoms with Gasteiger partial charge in [-0.1, -0.05) is 23.5 Å². The lowest BCUT2D eigenvalue weighted by Gasteiger charge is -2.06. The molecule has 4 rings (SSSR count). The van der Waals surface area contributed by atoms with Crippen LogP contribution in [0.15, 0.2) is 41.4 Å². The molecule has 3 aromatic rings. The fourth-order valence-electron chi connectivity index (χ4n) is 3.14. The summed E-state index contributed by atoms with van der Waals surface area (Å²) >= 11 is 1.30. The van der Waals surface area contributed by atoms with Gasteiger partial charge in [-0.15, -0.1) is 0 Å². The molecule has 156 valence electrons. The van der Waals surface area contributed by atoms with Gasteiger partial charge in [-0.05, 0) is 24.6 Å². The molecule has 0 fully saturated rings. The van der Waals surface area contributed by atoms with Crippen molar-refractivity contribution in [2.24, 2.45) is 4.99 Å². The van der Waals surface area contributed by atoms with Crippen LogP contribution >= 0.6 is 11.3 Å². The number of hydrogen-bond donors (Lipinski definition) is 0. The average molecular weight is 428 g/mol. The van der Waals surface area contributed by atoms with Crippen molar-refractivity contribution >= 4 is 33.4 Å². The number of esters is 1. The number of aromatic nitrogens is 1. The fraction of sp³-hybridized carbons (Fsp3) is 0.286. The van der Waals surface area contributed by atoms with Gasteiger partial charge < -0.3 is 23.5 Å². The largest absolute Gasteiger partial charge is 0.497 e. The van der Waals surface area contributed by atoms with Crippen molar-refractivity contribution < 1.29 is 28.5 Å². The van der Waals surface area contributed by atoms with E-state index in [0.717, 1.165) is 15.8 Å². The number of amides is 1. The third kappa shape index (κ3) is 4.16. The van der Waals surface area contributed by atoms with E-state index in [1.54, 1.807) is 30.7 Å². The molecule has 0 spiro atoms. The highest BCUT2D eigenvalue weighted by Gasteiger charge is 2.19. The number of fused-ring (bicyclic) bond motifs is 2. The van der Waals surface area contributed by atoms with Crippen LogP contribution in [0.4, 0.5) is 0 Å². The molecule has 1 aliphatic heterocycles. The Morgan fingerprint density at radius 1 is 1.20 bits per heavy atom. The normalized spacial score (nSPS) is 12.9. The molecule has 1 aliphatic rings. The van der Waals surface area contributed by atoms with E-state index in [1.165, 1.54) is 11.3 Å².